The Morgan fingerprint density at radius 2 is 2.12 bits per heavy atom. The van der Waals surface area contributed by atoms with E-state index < -0.39 is 17.8 Å². The molecule has 1 N–H and O–H groups in total. The van der Waals surface area contributed by atoms with Crippen molar-refractivity contribution in [2.45, 2.75) is 6.92 Å². The van der Waals surface area contributed by atoms with Crippen molar-refractivity contribution in [3.05, 3.63) is 35.7 Å². The Morgan fingerprint density at radius 3 is 2.65 bits per heavy atom. The highest BCUT2D eigenvalue weighted by molar-refractivity contribution is 6.30. The van der Waals surface area contributed by atoms with E-state index in [2.05, 4.69) is 4.98 Å². The van der Waals surface area contributed by atoms with Crippen molar-refractivity contribution in [2.75, 3.05) is 4.90 Å². The number of pyridine rings is 1. The van der Waals surface area contributed by atoms with E-state index in [-0.39, 0.29) is 11.4 Å². The first-order valence-corrected chi connectivity index (χ1v) is 4.77. The Kier molecular flexibility index (Phi) is 2.47. The van der Waals surface area contributed by atoms with Crippen LogP contribution in [0, 0.1) is 0 Å². The van der Waals surface area contributed by atoms with Crippen LogP contribution < -0.4 is 4.90 Å². The first-order valence-electron chi connectivity index (χ1n) is 4.77. The van der Waals surface area contributed by atoms with E-state index in [0.29, 0.717) is 5.57 Å². The molecule has 1 aromatic rings. The average molecular weight is 232 g/mol. The quantitative estimate of drug-likeness (QED) is 0.754. The zero-order valence-electron chi connectivity index (χ0n) is 8.88. The number of hydrogen-bond donors (Lipinski definition) is 1. The molecule has 1 aromatic heterocycles. The molecule has 1 aliphatic rings. The van der Waals surface area contributed by atoms with E-state index in [1.54, 1.807) is 0 Å². The normalized spacial score (nSPS) is 15.1. The smallest absolute Gasteiger partial charge is 0.354 e. The van der Waals surface area contributed by atoms with Crippen LogP contribution in [0.2, 0.25) is 0 Å². The highest BCUT2D eigenvalue weighted by Gasteiger charge is 2.30. The predicted octanol–water partition coefficient (Wildman–Crippen LogP) is 0.599. The summed E-state index contributed by atoms with van der Waals surface area (Å²) in [6.45, 7) is 1.53. The molecule has 2 heterocycles. The molecule has 0 spiro atoms. The fourth-order valence-corrected chi connectivity index (χ4v) is 1.51. The number of nitrogens with zero attached hydrogens (tertiary/aromatic N) is 2. The van der Waals surface area contributed by atoms with E-state index in [1.807, 2.05) is 0 Å². The highest BCUT2D eigenvalue weighted by Crippen LogP contribution is 2.22. The maximum Gasteiger partial charge on any atom is 0.354 e. The molecule has 0 bridgehead atoms. The molecule has 86 valence electrons. The zero-order valence-corrected chi connectivity index (χ0v) is 8.88. The molecule has 2 rings (SSSR count). The Bertz CT molecular complexity index is 562. The van der Waals surface area contributed by atoms with Gasteiger partial charge in [-0.2, -0.15) is 0 Å². The molecule has 0 fully saturated rings. The molecule has 2 amide bonds. The second kappa shape index (κ2) is 3.82. The Morgan fingerprint density at radius 1 is 1.41 bits per heavy atom. The van der Waals surface area contributed by atoms with Gasteiger partial charge in [0.15, 0.2) is 0 Å². The van der Waals surface area contributed by atoms with Crippen LogP contribution >= 0.6 is 0 Å². The van der Waals surface area contributed by atoms with Crippen LogP contribution in [0.15, 0.2) is 30.0 Å². The minimum absolute atomic E-state index is 0.209. The molecule has 0 atom stereocenters. The lowest BCUT2D eigenvalue weighted by Gasteiger charge is -2.14. The van der Waals surface area contributed by atoms with E-state index in [1.165, 1.54) is 31.3 Å². The van der Waals surface area contributed by atoms with Gasteiger partial charge >= 0.3 is 5.97 Å². The van der Waals surface area contributed by atoms with Gasteiger partial charge in [-0.05, 0) is 19.1 Å². The Hall–Kier alpha value is -2.50. The van der Waals surface area contributed by atoms with Crippen LogP contribution in [0.4, 0.5) is 5.69 Å². The molecule has 1 aliphatic heterocycles. The summed E-state index contributed by atoms with van der Waals surface area (Å²) >= 11 is 0. The van der Waals surface area contributed by atoms with E-state index in [4.69, 9.17) is 5.11 Å². The fourth-order valence-electron chi connectivity index (χ4n) is 1.51. The van der Waals surface area contributed by atoms with Crippen molar-refractivity contribution in [1.82, 2.24) is 4.98 Å². The first-order chi connectivity index (χ1) is 8.00. The molecule has 6 nitrogen and oxygen atoms in total. The van der Waals surface area contributed by atoms with Gasteiger partial charge in [-0.25, -0.2) is 14.7 Å². The molecule has 17 heavy (non-hydrogen) atoms. The lowest BCUT2D eigenvalue weighted by atomic mass is 10.3. The van der Waals surface area contributed by atoms with Gasteiger partial charge < -0.3 is 5.11 Å². The molecule has 0 radical (unpaired) electrons. The van der Waals surface area contributed by atoms with Crippen molar-refractivity contribution in [2.24, 2.45) is 0 Å². The fraction of sp³-hybridized carbons (Fsp3) is 0.0909. The molecule has 0 aliphatic carbocycles. The van der Waals surface area contributed by atoms with Crippen molar-refractivity contribution >= 4 is 23.5 Å². The summed E-state index contributed by atoms with van der Waals surface area (Å²) in [6, 6.07) is 2.60. The minimum atomic E-state index is -1.21. The Balaban J connectivity index is 2.42. The number of hydrogen-bond acceptors (Lipinski definition) is 4. The molecule has 0 saturated heterocycles. The largest absolute Gasteiger partial charge is 0.477 e. The van der Waals surface area contributed by atoms with Crippen LogP contribution in [-0.2, 0) is 9.59 Å². The second-order valence-electron chi connectivity index (χ2n) is 3.51. The van der Waals surface area contributed by atoms with Gasteiger partial charge in [-0.1, -0.05) is 0 Å². The minimum Gasteiger partial charge on any atom is -0.477 e. The van der Waals surface area contributed by atoms with Gasteiger partial charge in [0.05, 0.1) is 5.69 Å². The molecule has 0 unspecified atom stereocenters. The third kappa shape index (κ3) is 1.80. The topological polar surface area (TPSA) is 87.6 Å². The zero-order chi connectivity index (χ0) is 12.6. The van der Waals surface area contributed by atoms with Crippen LogP contribution in [0.3, 0.4) is 0 Å². The first kappa shape index (κ1) is 11.0. The van der Waals surface area contributed by atoms with Gasteiger partial charge in [0.1, 0.15) is 5.69 Å². The van der Waals surface area contributed by atoms with Crippen molar-refractivity contribution < 1.29 is 19.5 Å². The van der Waals surface area contributed by atoms with Crippen molar-refractivity contribution in [3.63, 3.8) is 0 Å². The van der Waals surface area contributed by atoms with Crippen LogP contribution in [0.1, 0.15) is 17.4 Å². The van der Waals surface area contributed by atoms with Crippen molar-refractivity contribution in [3.8, 4) is 0 Å². The van der Waals surface area contributed by atoms with Crippen molar-refractivity contribution in [1.29, 1.82) is 0 Å². The number of carboxylic acid groups (broad SMARTS) is 1. The number of amides is 2. The number of carbonyl (C=O) groups excluding carboxylic acids is 2. The summed E-state index contributed by atoms with van der Waals surface area (Å²) < 4.78 is 0. The molecule has 0 aromatic carbocycles. The lowest BCUT2D eigenvalue weighted by Crippen LogP contribution is -2.30. The van der Waals surface area contributed by atoms with E-state index in [0.717, 1.165) is 4.90 Å². The summed E-state index contributed by atoms with van der Waals surface area (Å²) in [5.74, 6) is -2.14. The summed E-state index contributed by atoms with van der Waals surface area (Å²) in [4.78, 5) is 38.5. The van der Waals surface area contributed by atoms with Crippen LogP contribution in [-0.4, -0.2) is 27.9 Å². The SMILES string of the molecule is CC1=CC(=O)N(c2ccnc(C(=O)O)c2)C1=O. The monoisotopic (exact) mass is 232 g/mol. The molecule has 0 saturated carbocycles. The highest BCUT2D eigenvalue weighted by atomic mass is 16.4. The number of aromatic carboxylic acids is 1. The van der Waals surface area contributed by atoms with Crippen LogP contribution in [0.25, 0.3) is 0 Å². The second-order valence-corrected chi connectivity index (χ2v) is 3.51. The van der Waals surface area contributed by atoms with Gasteiger partial charge in [-0.3, -0.25) is 9.59 Å². The number of imide groups is 1. The maximum atomic E-state index is 11.7. The number of carboxylic acids is 1. The standard InChI is InChI=1S/C11H8N2O4/c1-6-4-9(14)13(10(6)15)7-2-3-12-8(5-7)11(16)17/h2-5H,1H3,(H,16,17). The predicted molar refractivity (Wildman–Crippen MR) is 57.4 cm³/mol. The number of anilines is 1. The van der Waals surface area contributed by atoms with Gasteiger partial charge in [0, 0.05) is 17.8 Å². The lowest BCUT2D eigenvalue weighted by molar-refractivity contribution is -0.120. The third-order valence-corrected chi connectivity index (χ3v) is 2.32. The summed E-state index contributed by atoms with van der Waals surface area (Å²) in [6.07, 6.45) is 2.45. The molecule has 6 heteroatoms. The summed E-state index contributed by atoms with van der Waals surface area (Å²) in [7, 11) is 0. The van der Waals surface area contributed by atoms with Gasteiger partial charge in [0.25, 0.3) is 11.8 Å². The van der Waals surface area contributed by atoms with Gasteiger partial charge in [-0.15, -0.1) is 0 Å². The summed E-state index contributed by atoms with van der Waals surface area (Å²) in [5.41, 5.74) is 0.317. The molecular weight excluding hydrogens is 224 g/mol. The average Bonchev–Trinajstić information content (AvgIpc) is 2.53. The number of aromatic nitrogens is 1. The third-order valence-electron chi connectivity index (χ3n) is 2.32. The molecular formula is C11H8N2O4. The van der Waals surface area contributed by atoms with E-state index in [9.17, 15) is 14.4 Å². The Labute approximate surface area is 96.2 Å². The van der Waals surface area contributed by atoms with Crippen LogP contribution in [0.5, 0.6) is 0 Å². The van der Waals surface area contributed by atoms with E-state index >= 15 is 0 Å². The maximum absolute atomic E-state index is 11.7. The number of rotatable bonds is 2. The number of carbonyl (C=O) groups is 3. The van der Waals surface area contributed by atoms with Gasteiger partial charge in [0.2, 0.25) is 0 Å². The summed E-state index contributed by atoms with van der Waals surface area (Å²) in [5, 5.41) is 8.77.